The van der Waals surface area contributed by atoms with E-state index in [4.69, 9.17) is 21.9 Å². The Balaban J connectivity index is 1.74. The number of carbonyl (C=O) groups is 4. The van der Waals surface area contributed by atoms with Crippen LogP contribution >= 0.6 is 0 Å². The van der Waals surface area contributed by atoms with Crippen molar-refractivity contribution in [2.75, 3.05) is 20.7 Å². The average Bonchev–Trinajstić information content (AvgIpc) is 2.99. The number of nitrogens with zero attached hydrogens (tertiary/aromatic N) is 2. The van der Waals surface area contributed by atoms with Crippen molar-refractivity contribution in [1.82, 2.24) is 10.2 Å². The molecular weight excluding hydrogens is 665 g/mol. The maximum absolute atomic E-state index is 14.6. The molecule has 3 aliphatic carbocycles. The minimum atomic E-state index is -5.14. The number of benzene rings is 2. The number of aromatic hydroxyl groups is 1. The van der Waals surface area contributed by atoms with Gasteiger partial charge in [-0.2, -0.15) is 18.4 Å². The van der Waals surface area contributed by atoms with Gasteiger partial charge in [0.05, 0.1) is 40.9 Å². The highest BCUT2D eigenvalue weighted by molar-refractivity contribution is 6.25. The minimum absolute atomic E-state index is 0.145. The molecule has 264 valence electrons. The molecule has 1 unspecified atom stereocenters. The number of halogens is 3. The van der Waals surface area contributed by atoms with E-state index in [9.17, 15) is 52.9 Å². The molecule has 1 fully saturated rings. The molecule has 0 aliphatic heterocycles. The molecule has 0 spiro atoms. The average molecular weight is 699 g/mol. The first kappa shape index (κ1) is 35.9. The first-order valence-corrected chi connectivity index (χ1v) is 15.1. The van der Waals surface area contributed by atoms with E-state index >= 15 is 0 Å². The fraction of sp³-hybridized carbons (Fsp3) is 0.364. The number of nitriles is 1. The van der Waals surface area contributed by atoms with E-state index in [2.05, 4.69) is 0 Å². The zero-order valence-corrected chi connectivity index (χ0v) is 26.9. The lowest BCUT2D eigenvalue weighted by molar-refractivity contribution is -0.173. The summed E-state index contributed by atoms with van der Waals surface area (Å²) < 4.78 is 44.3. The minimum Gasteiger partial charge on any atom is -0.509 e. The Labute approximate surface area is 282 Å². The largest absolute Gasteiger partial charge is 0.509 e. The van der Waals surface area contributed by atoms with Gasteiger partial charge in [-0.05, 0) is 68.8 Å². The first-order chi connectivity index (χ1) is 23.2. The van der Waals surface area contributed by atoms with Gasteiger partial charge in [0.25, 0.3) is 5.91 Å². The van der Waals surface area contributed by atoms with Crippen LogP contribution in [0.2, 0.25) is 0 Å². The number of hydrogen-bond acceptors (Lipinski definition) is 12. The third-order valence-electron chi connectivity index (χ3n) is 9.50. The summed E-state index contributed by atoms with van der Waals surface area (Å²) in [7, 11) is 2.79. The van der Waals surface area contributed by atoms with Crippen molar-refractivity contribution in [2.45, 2.75) is 49.6 Å². The van der Waals surface area contributed by atoms with E-state index in [1.54, 1.807) is 24.4 Å². The molecule has 2 aromatic carbocycles. The number of likely N-dealkylation sites (N-methyl/N-ethyl adjacent to an activating group) is 1. The van der Waals surface area contributed by atoms with Gasteiger partial charge in [-0.1, -0.05) is 12.1 Å². The van der Waals surface area contributed by atoms with Crippen LogP contribution in [0.25, 0.3) is 16.9 Å². The second kappa shape index (κ2) is 11.9. The number of fused-ring (bicyclic) bond motifs is 3. The molecule has 3 aliphatic rings. The Morgan fingerprint density at radius 3 is 2.36 bits per heavy atom. The van der Waals surface area contributed by atoms with Crippen LogP contribution in [0.4, 0.5) is 13.2 Å². The van der Waals surface area contributed by atoms with Gasteiger partial charge in [-0.3, -0.25) is 24.1 Å². The van der Waals surface area contributed by atoms with Gasteiger partial charge in [-0.15, -0.1) is 0 Å². The second-order valence-electron chi connectivity index (χ2n) is 12.7. The molecule has 0 radical (unpaired) electrons. The number of carbonyl (C=O) groups excluding carboxylic acids is 4. The number of primary amides is 1. The van der Waals surface area contributed by atoms with Crippen molar-refractivity contribution in [3.63, 3.8) is 0 Å². The molecule has 14 nitrogen and oxygen atoms in total. The van der Waals surface area contributed by atoms with E-state index in [-0.39, 0.29) is 41.0 Å². The van der Waals surface area contributed by atoms with Gasteiger partial charge in [0.2, 0.25) is 0 Å². The van der Waals surface area contributed by atoms with Gasteiger partial charge in [0, 0.05) is 12.1 Å². The van der Waals surface area contributed by atoms with E-state index < -0.39 is 93.5 Å². The third kappa shape index (κ3) is 4.97. The van der Waals surface area contributed by atoms with Crippen molar-refractivity contribution in [3.8, 4) is 28.7 Å². The van der Waals surface area contributed by atoms with Crippen LogP contribution in [0.3, 0.4) is 0 Å². The van der Waals surface area contributed by atoms with Crippen LogP contribution in [0.5, 0.6) is 11.5 Å². The summed E-state index contributed by atoms with van der Waals surface area (Å²) in [6.07, 6.45) is -6.09. The van der Waals surface area contributed by atoms with E-state index in [0.29, 0.717) is 5.56 Å². The Bertz CT molecular complexity index is 1990. The van der Waals surface area contributed by atoms with Gasteiger partial charge in [-0.25, -0.2) is 0 Å². The number of amides is 2. The summed E-state index contributed by atoms with van der Waals surface area (Å²) in [4.78, 5) is 53.4. The summed E-state index contributed by atoms with van der Waals surface area (Å²) in [5.41, 5.74) is 11.1. The van der Waals surface area contributed by atoms with Crippen molar-refractivity contribution in [2.24, 2.45) is 22.6 Å². The van der Waals surface area contributed by atoms with Gasteiger partial charge in [0.1, 0.15) is 28.6 Å². The van der Waals surface area contributed by atoms with Gasteiger partial charge >= 0.3 is 12.1 Å². The zero-order valence-electron chi connectivity index (χ0n) is 26.9. The van der Waals surface area contributed by atoms with Crippen molar-refractivity contribution < 1.29 is 52.4 Å². The molecular formula is C33H33F3N6O8. The van der Waals surface area contributed by atoms with Crippen LogP contribution in [-0.4, -0.2) is 87.6 Å². The molecule has 17 heteroatoms. The predicted octanol–water partition coefficient (Wildman–Crippen LogP) is 1.15. The van der Waals surface area contributed by atoms with E-state index in [1.165, 1.54) is 43.3 Å². The normalized spacial score (nSPS) is 26.2. The lowest BCUT2D eigenvalue weighted by Crippen LogP contribution is -2.80. The maximum atomic E-state index is 14.6. The molecule has 10 N–H and O–H groups in total. The molecule has 0 aromatic heterocycles. The number of rotatable bonds is 7. The molecule has 0 bridgehead atoms. The number of alkyl halides is 3. The highest BCUT2D eigenvalue weighted by Crippen LogP contribution is 2.58. The number of aliphatic hydroxyl groups excluding tert-OH is 2. The fourth-order valence-electron chi connectivity index (χ4n) is 7.56. The summed E-state index contributed by atoms with van der Waals surface area (Å²) >= 11 is 0. The molecule has 4 atom stereocenters. The number of Topliss-reactive ketones (excluding diaryl/α,β-unsaturated/α-hetero) is 2. The smallest absolute Gasteiger partial charge is 0.471 e. The van der Waals surface area contributed by atoms with Crippen LogP contribution in [0.15, 0.2) is 47.2 Å². The van der Waals surface area contributed by atoms with Gasteiger partial charge in [0.15, 0.2) is 17.0 Å². The lowest BCUT2D eigenvalue weighted by Gasteiger charge is -2.58. The van der Waals surface area contributed by atoms with E-state index in [0.717, 1.165) is 0 Å². The molecule has 2 aromatic rings. The number of hydrogen-bond donors (Lipinski definition) is 7. The Morgan fingerprint density at radius 2 is 1.80 bits per heavy atom. The molecule has 1 saturated carbocycles. The van der Waals surface area contributed by atoms with Crippen molar-refractivity contribution in [3.05, 3.63) is 63.9 Å². The summed E-state index contributed by atoms with van der Waals surface area (Å²) in [5, 5.41) is 46.4. The van der Waals surface area contributed by atoms with Crippen LogP contribution < -0.4 is 27.3 Å². The number of phenolic OH excluding ortho intramolecular Hbond substituents is 1. The van der Waals surface area contributed by atoms with Gasteiger partial charge < -0.3 is 42.6 Å². The predicted molar refractivity (Wildman–Crippen MR) is 169 cm³/mol. The monoisotopic (exact) mass is 698 g/mol. The van der Waals surface area contributed by atoms with E-state index in [1.807, 2.05) is 0 Å². The molecule has 2 amide bonds. The topological polar surface area (TPSA) is 255 Å². The summed E-state index contributed by atoms with van der Waals surface area (Å²) in [6, 6.07) is 7.15. The number of nitrogens with one attached hydrogen (secondary N) is 1. The summed E-state index contributed by atoms with van der Waals surface area (Å²) in [6.45, 7) is 1.21. The van der Waals surface area contributed by atoms with Crippen molar-refractivity contribution >= 4 is 29.1 Å². The Hall–Kier alpha value is -5.44. The number of phenols is 1. The molecule has 50 heavy (non-hydrogen) atoms. The van der Waals surface area contributed by atoms with Crippen LogP contribution in [0, 0.1) is 16.7 Å². The molecule has 0 saturated heterocycles. The number of ether oxygens (including phenoxy) is 1. The maximum Gasteiger partial charge on any atom is 0.471 e. The number of nitrogens with two attached hydrogens (primary N) is 3. The van der Waals surface area contributed by atoms with Crippen molar-refractivity contribution in [1.29, 1.82) is 5.26 Å². The Morgan fingerprint density at radius 1 is 1.14 bits per heavy atom. The second-order valence-corrected chi connectivity index (χ2v) is 12.7. The Kier molecular flexibility index (Phi) is 8.51. The fourth-order valence-corrected chi connectivity index (χ4v) is 7.56. The lowest BCUT2D eigenvalue weighted by atomic mass is 9.47. The standard InChI is InChI=1S/C33H33F3N6O8/c1-4-50-19-8-5-14(9-15(19)11-41-29(49)33(34,35)36)16-6-7-18(43)20-17(16)10-30(39)12-32(40)25(42(2)3)24(45)21(28(38)48)26(46)31(32,13-37)27(47)22(30)23(20)44/h5-9,25,43-44,46H,4,10-12,39-40H2,1-3H3,(H2,38,48)(H,41,49)/t25?,30-,31+,32-/m1/s1. The quantitative estimate of drug-likeness (QED) is 0.201. The molecule has 5 rings (SSSR count). The highest BCUT2D eigenvalue weighted by atomic mass is 19.4. The highest BCUT2D eigenvalue weighted by Gasteiger charge is 2.74. The number of aliphatic hydroxyl groups is 2. The first-order valence-electron chi connectivity index (χ1n) is 15.1. The van der Waals surface area contributed by atoms with Crippen LogP contribution in [-0.2, 0) is 32.1 Å². The summed E-state index contributed by atoms with van der Waals surface area (Å²) in [5.74, 6) is -8.48. The molecule has 0 heterocycles. The zero-order chi connectivity index (χ0) is 37.3. The number of ketones is 2. The van der Waals surface area contributed by atoms with Crippen LogP contribution in [0.1, 0.15) is 30.0 Å². The SMILES string of the molecule is CCOc1ccc(-c2ccc(O)c3c2C[C@@]2(N)C[C@@]4(N)C(N(C)C)C(=O)C(C(N)=O)=C(O)[C@@]4(C#N)C(=O)C2=C3O)cc1CNC(=O)C(F)(F)F. The third-order valence-corrected chi connectivity index (χ3v) is 9.50.